The minimum absolute atomic E-state index is 0.0101. The molecule has 0 radical (unpaired) electrons. The average Bonchev–Trinajstić information content (AvgIpc) is 3.47. The lowest BCUT2D eigenvalue weighted by Gasteiger charge is -2.47. The van der Waals surface area contributed by atoms with E-state index in [4.69, 9.17) is 5.26 Å². The second-order valence-electron chi connectivity index (χ2n) is 8.26. The highest BCUT2D eigenvalue weighted by Gasteiger charge is 2.49. The van der Waals surface area contributed by atoms with Crippen LogP contribution < -0.4 is 5.32 Å². The number of thiol groups is 1. The molecule has 0 unspecified atom stereocenters. The zero-order chi connectivity index (χ0) is 25.2. The van der Waals surface area contributed by atoms with Crippen LogP contribution in [0.2, 0.25) is 0 Å². The van der Waals surface area contributed by atoms with Crippen LogP contribution >= 0.6 is 12.6 Å². The Morgan fingerprint density at radius 3 is 2.63 bits per heavy atom. The van der Waals surface area contributed by atoms with E-state index in [2.05, 4.69) is 50.2 Å². The molecule has 3 aromatic rings. The number of aromatic nitrogens is 6. The molecule has 1 fully saturated rings. The number of aryl methyl sites for hydroxylation is 2. The summed E-state index contributed by atoms with van der Waals surface area (Å²) in [5.41, 5.74) is 1.82. The lowest BCUT2D eigenvalue weighted by atomic mass is 9.89. The van der Waals surface area contributed by atoms with Gasteiger partial charge in [-0.05, 0) is 13.8 Å². The van der Waals surface area contributed by atoms with Crippen LogP contribution in [0.5, 0.6) is 0 Å². The Morgan fingerprint density at radius 2 is 1.94 bits per heavy atom. The van der Waals surface area contributed by atoms with Gasteiger partial charge in [-0.15, -0.1) is 12.6 Å². The van der Waals surface area contributed by atoms with Gasteiger partial charge in [0, 0.05) is 31.0 Å². The Bertz CT molecular complexity index is 1420. The van der Waals surface area contributed by atoms with Crippen molar-refractivity contribution in [1.29, 1.82) is 10.5 Å². The van der Waals surface area contributed by atoms with Gasteiger partial charge >= 0.3 is 0 Å². The fourth-order valence-corrected chi connectivity index (χ4v) is 5.32. The molecule has 35 heavy (non-hydrogen) atoms. The fourth-order valence-electron chi connectivity index (χ4n) is 3.85. The molecule has 3 aromatic heterocycles. The van der Waals surface area contributed by atoms with E-state index in [9.17, 15) is 13.7 Å². The second-order valence-corrected chi connectivity index (χ2v) is 11.0. The Hall–Kier alpha value is -3.46. The van der Waals surface area contributed by atoms with Gasteiger partial charge in [0.25, 0.3) is 0 Å². The molecular weight excluding hydrogens is 488 g/mol. The molecule has 0 saturated carbocycles. The molecule has 0 bridgehead atoms. The van der Waals surface area contributed by atoms with Gasteiger partial charge in [-0.25, -0.2) is 18.4 Å². The Labute approximate surface area is 208 Å². The van der Waals surface area contributed by atoms with Gasteiger partial charge < -0.3 is 5.32 Å². The summed E-state index contributed by atoms with van der Waals surface area (Å²) in [6, 6.07) is 4.24. The van der Waals surface area contributed by atoms with Crippen molar-refractivity contribution in [3.05, 3.63) is 30.5 Å². The molecule has 4 rings (SSSR count). The summed E-state index contributed by atoms with van der Waals surface area (Å²) in [4.78, 5) is 9.64. The monoisotopic (exact) mass is 512 g/mol. The molecular formula is C21H24N10O2S2. The third-order valence-corrected chi connectivity index (χ3v) is 8.16. The van der Waals surface area contributed by atoms with Crippen LogP contribution in [-0.2, 0) is 22.1 Å². The summed E-state index contributed by atoms with van der Waals surface area (Å²) < 4.78 is 29.1. The van der Waals surface area contributed by atoms with Crippen molar-refractivity contribution in [3.63, 3.8) is 0 Å². The van der Waals surface area contributed by atoms with E-state index in [-0.39, 0.29) is 25.3 Å². The van der Waals surface area contributed by atoms with Crippen molar-refractivity contribution >= 4 is 34.3 Å². The lowest BCUT2D eigenvalue weighted by molar-refractivity contribution is 0.0719. The van der Waals surface area contributed by atoms with Gasteiger partial charge in [0.15, 0.2) is 0 Å². The van der Waals surface area contributed by atoms with Gasteiger partial charge in [-0.2, -0.15) is 25.0 Å². The molecule has 4 heterocycles. The Kier molecular flexibility index (Phi) is 6.80. The van der Waals surface area contributed by atoms with Gasteiger partial charge in [-0.1, -0.05) is 0 Å². The first-order valence-electron chi connectivity index (χ1n) is 10.9. The van der Waals surface area contributed by atoms with Crippen LogP contribution in [0.3, 0.4) is 0 Å². The van der Waals surface area contributed by atoms with Crippen molar-refractivity contribution < 1.29 is 8.42 Å². The van der Waals surface area contributed by atoms with Crippen molar-refractivity contribution in [2.24, 2.45) is 0 Å². The number of hydrogen-bond donors (Lipinski definition) is 2. The molecule has 1 saturated heterocycles. The van der Waals surface area contributed by atoms with Gasteiger partial charge in [0.1, 0.15) is 5.54 Å². The molecule has 182 valence electrons. The zero-order valence-electron chi connectivity index (χ0n) is 19.2. The van der Waals surface area contributed by atoms with E-state index < -0.39 is 15.6 Å². The number of hydrogen-bond acceptors (Lipinski definition) is 10. The SMILES string of the molecule is CCS(=O)(=O)N1CC(CC#N)(n2cc(-c3nc(Nc4cnn(CCC#N)c4)nc(C)c3S)cn2)C1. The minimum atomic E-state index is -3.34. The molecule has 0 amide bonds. The predicted octanol–water partition coefficient (Wildman–Crippen LogP) is 2.07. The maximum Gasteiger partial charge on any atom is 0.228 e. The maximum atomic E-state index is 12.2. The first kappa shape index (κ1) is 24.7. The number of anilines is 2. The highest BCUT2D eigenvalue weighted by Crippen LogP contribution is 2.36. The van der Waals surface area contributed by atoms with Crippen LogP contribution in [0.15, 0.2) is 29.7 Å². The van der Waals surface area contributed by atoms with Crippen molar-refractivity contribution in [2.45, 2.75) is 43.7 Å². The maximum absolute atomic E-state index is 12.2. The van der Waals surface area contributed by atoms with E-state index in [1.807, 2.05) is 6.92 Å². The van der Waals surface area contributed by atoms with Gasteiger partial charge in [-0.3, -0.25) is 9.36 Å². The summed E-state index contributed by atoms with van der Waals surface area (Å²) in [6.45, 7) is 4.28. The van der Waals surface area contributed by atoms with Crippen molar-refractivity contribution in [2.75, 3.05) is 24.2 Å². The number of nitrogens with one attached hydrogen (secondary N) is 1. The molecule has 0 atom stereocenters. The van der Waals surface area contributed by atoms with E-state index in [1.54, 1.807) is 41.1 Å². The molecule has 1 N–H and O–H groups in total. The van der Waals surface area contributed by atoms with E-state index in [0.29, 0.717) is 46.4 Å². The molecule has 1 aliphatic heterocycles. The molecule has 0 aromatic carbocycles. The van der Waals surface area contributed by atoms with E-state index in [1.165, 1.54) is 4.31 Å². The summed E-state index contributed by atoms with van der Waals surface area (Å²) in [5, 5.41) is 29.9. The third-order valence-electron chi connectivity index (χ3n) is 5.85. The highest BCUT2D eigenvalue weighted by molar-refractivity contribution is 7.89. The molecule has 1 aliphatic rings. The lowest BCUT2D eigenvalue weighted by Crippen LogP contribution is -2.64. The van der Waals surface area contributed by atoms with E-state index in [0.717, 1.165) is 0 Å². The fraction of sp³-hybridized carbons (Fsp3) is 0.429. The summed E-state index contributed by atoms with van der Waals surface area (Å²) in [5.74, 6) is 0.356. The number of rotatable bonds is 9. The Morgan fingerprint density at radius 1 is 1.17 bits per heavy atom. The van der Waals surface area contributed by atoms with Crippen LogP contribution in [-0.4, -0.2) is 61.1 Å². The van der Waals surface area contributed by atoms with Gasteiger partial charge in [0.2, 0.25) is 16.0 Å². The third kappa shape index (κ3) is 4.86. The van der Waals surface area contributed by atoms with Crippen LogP contribution in [0.4, 0.5) is 11.6 Å². The first-order valence-corrected chi connectivity index (χ1v) is 12.9. The average molecular weight is 513 g/mol. The summed E-state index contributed by atoms with van der Waals surface area (Å²) in [7, 11) is -3.34. The van der Waals surface area contributed by atoms with Gasteiger partial charge in [0.05, 0.1) is 71.6 Å². The van der Waals surface area contributed by atoms with Crippen LogP contribution in [0.25, 0.3) is 11.3 Å². The summed E-state index contributed by atoms with van der Waals surface area (Å²) in [6.07, 6.45) is 7.26. The summed E-state index contributed by atoms with van der Waals surface area (Å²) >= 11 is 4.59. The molecule has 0 spiro atoms. The van der Waals surface area contributed by atoms with Crippen LogP contribution in [0, 0.1) is 29.6 Å². The number of nitrogens with zero attached hydrogens (tertiary/aromatic N) is 9. The van der Waals surface area contributed by atoms with Crippen molar-refractivity contribution in [3.8, 4) is 23.4 Å². The normalized spacial score (nSPS) is 15.2. The Balaban J connectivity index is 1.60. The molecule has 0 aliphatic carbocycles. The molecule has 14 heteroatoms. The number of sulfonamides is 1. The largest absolute Gasteiger partial charge is 0.321 e. The number of nitriles is 2. The standard InChI is InChI=1S/C21H24N10O2S2/c1-3-35(32,33)30-13-21(14-30,5-7-23)31-11-16(9-25-31)18-19(34)15(2)26-20(28-18)27-17-10-24-29(12-17)8-4-6-22/h9-12,34H,3-5,8,13-14H2,1-2H3,(H,26,27,28). The predicted molar refractivity (Wildman–Crippen MR) is 130 cm³/mol. The molecule has 12 nitrogen and oxygen atoms in total. The quantitative estimate of drug-likeness (QED) is 0.409. The first-order chi connectivity index (χ1) is 16.7. The van der Waals surface area contributed by atoms with Crippen LogP contribution in [0.1, 0.15) is 25.5 Å². The highest BCUT2D eigenvalue weighted by atomic mass is 32.2. The van der Waals surface area contributed by atoms with E-state index >= 15 is 0 Å². The topological polar surface area (TPSA) is 158 Å². The minimum Gasteiger partial charge on any atom is -0.321 e. The zero-order valence-corrected chi connectivity index (χ0v) is 21.0. The van der Waals surface area contributed by atoms with Crippen molar-refractivity contribution in [1.82, 2.24) is 33.8 Å². The second kappa shape index (κ2) is 9.65. The smallest absolute Gasteiger partial charge is 0.228 e.